The van der Waals surface area contributed by atoms with Crippen LogP contribution in [0.25, 0.3) is 0 Å². The zero-order valence-electron chi connectivity index (χ0n) is 9.74. The first-order valence-corrected chi connectivity index (χ1v) is 7.53. The Bertz CT molecular complexity index is 513. The minimum atomic E-state index is 0.138. The molecule has 0 bridgehead atoms. The molecule has 4 heteroatoms. The molecule has 0 radical (unpaired) electrons. The van der Waals surface area contributed by atoms with Crippen molar-refractivity contribution in [1.82, 2.24) is 5.43 Å². The summed E-state index contributed by atoms with van der Waals surface area (Å²) in [6.07, 6.45) is 0.879. The van der Waals surface area contributed by atoms with Gasteiger partial charge in [-0.25, -0.2) is 0 Å². The second-order valence-corrected chi connectivity index (χ2v) is 6.15. The van der Waals surface area contributed by atoms with Crippen LogP contribution in [0.4, 0.5) is 0 Å². The number of hydrogen-bond donors (Lipinski definition) is 2. The lowest BCUT2D eigenvalue weighted by atomic mass is 9.99. The third-order valence-electron chi connectivity index (χ3n) is 2.83. The number of hydrogen-bond acceptors (Lipinski definition) is 2. The van der Waals surface area contributed by atoms with Crippen molar-refractivity contribution in [3.8, 4) is 0 Å². The van der Waals surface area contributed by atoms with Crippen molar-refractivity contribution in [1.29, 1.82) is 0 Å². The maximum absolute atomic E-state index is 5.69. The van der Waals surface area contributed by atoms with Crippen LogP contribution in [-0.4, -0.2) is 0 Å². The molecule has 0 aromatic heterocycles. The van der Waals surface area contributed by atoms with Crippen molar-refractivity contribution in [2.45, 2.75) is 12.5 Å². The molecule has 3 N–H and O–H groups in total. The average Bonchev–Trinajstić information content (AvgIpc) is 2.39. The molecule has 0 spiro atoms. The van der Waals surface area contributed by atoms with Gasteiger partial charge < -0.3 is 0 Å². The third kappa shape index (κ3) is 3.54. The van der Waals surface area contributed by atoms with Crippen LogP contribution in [0.2, 0.25) is 0 Å². The molecule has 0 aliphatic rings. The first-order chi connectivity index (χ1) is 8.70. The molecule has 94 valence electrons. The first kappa shape index (κ1) is 14.0. The lowest BCUT2D eigenvalue weighted by Crippen LogP contribution is -2.30. The lowest BCUT2D eigenvalue weighted by Gasteiger charge is -2.18. The van der Waals surface area contributed by atoms with E-state index in [1.165, 1.54) is 14.7 Å². The van der Waals surface area contributed by atoms with Gasteiger partial charge in [-0.3, -0.25) is 11.3 Å². The fourth-order valence-corrected chi connectivity index (χ4v) is 2.90. The first-order valence-electron chi connectivity index (χ1n) is 5.65. The van der Waals surface area contributed by atoms with E-state index in [1.54, 1.807) is 0 Å². The monoisotopic (exact) mass is 416 g/mol. The average molecular weight is 417 g/mol. The van der Waals surface area contributed by atoms with E-state index in [4.69, 9.17) is 5.84 Å². The molecule has 18 heavy (non-hydrogen) atoms. The Labute approximate surface area is 129 Å². The van der Waals surface area contributed by atoms with Crippen LogP contribution in [0.5, 0.6) is 0 Å². The van der Waals surface area contributed by atoms with E-state index in [1.807, 2.05) is 12.1 Å². The topological polar surface area (TPSA) is 38.0 Å². The number of hydrazine groups is 1. The summed E-state index contributed by atoms with van der Waals surface area (Å²) < 4.78 is 2.33. The van der Waals surface area contributed by atoms with E-state index in [9.17, 15) is 0 Å². The quantitative estimate of drug-likeness (QED) is 0.452. The molecule has 2 aromatic rings. The molecule has 0 saturated heterocycles. The second-order valence-electron chi connectivity index (χ2n) is 4.07. The molecule has 0 aliphatic carbocycles. The molecular weight excluding hydrogens is 403 g/mol. The van der Waals surface area contributed by atoms with Gasteiger partial charge in [0.1, 0.15) is 0 Å². The largest absolute Gasteiger partial charge is 0.271 e. The normalized spacial score (nSPS) is 12.4. The van der Waals surface area contributed by atoms with Gasteiger partial charge in [0.25, 0.3) is 0 Å². The fraction of sp³-hybridized carbons (Fsp3) is 0.143. The predicted octanol–water partition coefficient (Wildman–Crippen LogP) is 3.80. The second kappa shape index (κ2) is 6.65. The molecule has 1 unspecified atom stereocenters. The maximum atomic E-state index is 5.69. The fourth-order valence-electron chi connectivity index (χ4n) is 1.87. The lowest BCUT2D eigenvalue weighted by molar-refractivity contribution is 0.550. The summed E-state index contributed by atoms with van der Waals surface area (Å²) in [5, 5.41) is 0. The van der Waals surface area contributed by atoms with Gasteiger partial charge in [0.05, 0.1) is 6.04 Å². The standard InChI is InChI=1S/C14H14BrIN2/c15-11-7-5-10(6-8-11)9-14(18-17)12-3-1-2-4-13(12)16/h1-8,14,18H,9,17H2. The van der Waals surface area contributed by atoms with Crippen molar-refractivity contribution in [3.05, 3.63) is 67.7 Å². The highest BCUT2D eigenvalue weighted by Gasteiger charge is 2.13. The van der Waals surface area contributed by atoms with Gasteiger partial charge in [0.2, 0.25) is 0 Å². The van der Waals surface area contributed by atoms with Gasteiger partial charge >= 0.3 is 0 Å². The molecular formula is C14H14BrIN2. The Morgan fingerprint density at radius 3 is 2.39 bits per heavy atom. The minimum absolute atomic E-state index is 0.138. The molecule has 1 atom stereocenters. The van der Waals surface area contributed by atoms with E-state index >= 15 is 0 Å². The van der Waals surface area contributed by atoms with Crippen LogP contribution >= 0.6 is 38.5 Å². The van der Waals surface area contributed by atoms with Gasteiger partial charge in [-0.2, -0.15) is 0 Å². The van der Waals surface area contributed by atoms with Gasteiger partial charge in [0.15, 0.2) is 0 Å². The zero-order chi connectivity index (χ0) is 13.0. The molecule has 2 rings (SSSR count). The summed E-state index contributed by atoms with van der Waals surface area (Å²) in [6.45, 7) is 0. The number of benzene rings is 2. The van der Waals surface area contributed by atoms with Gasteiger partial charge in [0, 0.05) is 8.04 Å². The van der Waals surface area contributed by atoms with Crippen LogP contribution in [-0.2, 0) is 6.42 Å². The highest BCUT2D eigenvalue weighted by molar-refractivity contribution is 14.1. The smallest absolute Gasteiger partial charge is 0.0510 e. The van der Waals surface area contributed by atoms with E-state index in [0.717, 1.165) is 10.9 Å². The van der Waals surface area contributed by atoms with Crippen LogP contribution in [0.3, 0.4) is 0 Å². The summed E-state index contributed by atoms with van der Waals surface area (Å²) in [6, 6.07) is 16.8. The van der Waals surface area contributed by atoms with Crippen LogP contribution in [0.1, 0.15) is 17.2 Å². The van der Waals surface area contributed by atoms with Crippen molar-refractivity contribution in [2.75, 3.05) is 0 Å². The van der Waals surface area contributed by atoms with E-state index < -0.39 is 0 Å². The molecule has 0 amide bonds. The Balaban J connectivity index is 2.20. The minimum Gasteiger partial charge on any atom is -0.271 e. The molecule has 0 heterocycles. The van der Waals surface area contributed by atoms with Crippen LogP contribution in [0, 0.1) is 3.57 Å². The summed E-state index contributed by atoms with van der Waals surface area (Å²) in [7, 11) is 0. The molecule has 2 aromatic carbocycles. The maximum Gasteiger partial charge on any atom is 0.0510 e. The number of halogens is 2. The highest BCUT2D eigenvalue weighted by Crippen LogP contribution is 2.23. The number of rotatable bonds is 4. The molecule has 0 aliphatic heterocycles. The van der Waals surface area contributed by atoms with Crippen LogP contribution < -0.4 is 11.3 Å². The Hall–Kier alpha value is -0.430. The van der Waals surface area contributed by atoms with Gasteiger partial charge in [-0.05, 0) is 58.3 Å². The Morgan fingerprint density at radius 1 is 1.11 bits per heavy atom. The molecule has 2 nitrogen and oxygen atoms in total. The van der Waals surface area contributed by atoms with Crippen molar-refractivity contribution in [2.24, 2.45) is 5.84 Å². The molecule has 0 saturated carbocycles. The van der Waals surface area contributed by atoms with Crippen molar-refractivity contribution >= 4 is 38.5 Å². The van der Waals surface area contributed by atoms with Crippen molar-refractivity contribution < 1.29 is 0 Å². The van der Waals surface area contributed by atoms with Gasteiger partial charge in [-0.1, -0.05) is 46.3 Å². The number of nitrogens with one attached hydrogen (secondary N) is 1. The zero-order valence-corrected chi connectivity index (χ0v) is 13.5. The van der Waals surface area contributed by atoms with E-state index in [0.29, 0.717) is 0 Å². The number of nitrogens with two attached hydrogens (primary N) is 1. The predicted molar refractivity (Wildman–Crippen MR) is 87.1 cm³/mol. The summed E-state index contributed by atoms with van der Waals surface area (Å²) in [4.78, 5) is 0. The highest BCUT2D eigenvalue weighted by atomic mass is 127. The summed E-state index contributed by atoms with van der Waals surface area (Å²) in [5.74, 6) is 5.69. The Morgan fingerprint density at radius 2 is 1.78 bits per heavy atom. The summed E-state index contributed by atoms with van der Waals surface area (Å²) in [5.41, 5.74) is 5.41. The van der Waals surface area contributed by atoms with Gasteiger partial charge in [-0.15, -0.1) is 0 Å². The Kier molecular flexibility index (Phi) is 5.17. The molecule has 0 fully saturated rings. The van der Waals surface area contributed by atoms with Crippen molar-refractivity contribution in [3.63, 3.8) is 0 Å². The third-order valence-corrected chi connectivity index (χ3v) is 4.35. The van der Waals surface area contributed by atoms with Crippen LogP contribution in [0.15, 0.2) is 53.0 Å². The summed E-state index contributed by atoms with van der Waals surface area (Å²) >= 11 is 5.79. The SMILES string of the molecule is NNC(Cc1ccc(Br)cc1)c1ccccc1I. The van der Waals surface area contributed by atoms with E-state index in [-0.39, 0.29) is 6.04 Å². The van der Waals surface area contributed by atoms with E-state index in [2.05, 4.69) is 80.3 Å².